The predicted molar refractivity (Wildman–Crippen MR) is 97.2 cm³/mol. The predicted octanol–water partition coefficient (Wildman–Crippen LogP) is 2.97. The van der Waals surface area contributed by atoms with Crippen molar-refractivity contribution >= 4 is 44.9 Å². The van der Waals surface area contributed by atoms with Crippen molar-refractivity contribution in [1.82, 2.24) is 15.3 Å². The Kier molecular flexibility index (Phi) is 5.30. The monoisotopic (exact) mass is 348 g/mol. The van der Waals surface area contributed by atoms with Crippen molar-refractivity contribution < 1.29 is 4.79 Å². The highest BCUT2D eigenvalue weighted by Crippen LogP contribution is 2.31. The number of hydrogen-bond acceptors (Lipinski definition) is 6. The molecule has 0 saturated carbocycles. The third-order valence-corrected chi connectivity index (χ3v) is 6.04. The highest BCUT2D eigenvalue weighted by molar-refractivity contribution is 8.02. The van der Waals surface area contributed by atoms with Crippen LogP contribution < -0.4 is 5.43 Å². The molecule has 0 unspecified atom stereocenters. The van der Waals surface area contributed by atoms with Crippen LogP contribution in [0.25, 0.3) is 10.2 Å². The number of likely N-dealkylation sites (tertiary alicyclic amines) is 1. The van der Waals surface area contributed by atoms with Crippen molar-refractivity contribution in [2.75, 3.05) is 20.1 Å². The first-order valence-electron chi connectivity index (χ1n) is 7.68. The minimum atomic E-state index is -0.217. The highest BCUT2D eigenvalue weighted by atomic mass is 32.2. The lowest BCUT2D eigenvalue weighted by molar-refractivity contribution is -0.120. The lowest BCUT2D eigenvalue weighted by Gasteiger charge is -2.22. The van der Waals surface area contributed by atoms with Crippen molar-refractivity contribution in [3.8, 4) is 0 Å². The van der Waals surface area contributed by atoms with Crippen LogP contribution in [-0.4, -0.2) is 46.9 Å². The van der Waals surface area contributed by atoms with E-state index >= 15 is 0 Å². The first-order valence-corrected chi connectivity index (χ1v) is 9.37. The summed E-state index contributed by atoms with van der Waals surface area (Å²) in [5, 5.41) is 4.07. The van der Waals surface area contributed by atoms with E-state index in [1.807, 2.05) is 31.2 Å². The minimum absolute atomic E-state index is 0.0688. The Hall–Kier alpha value is -1.44. The molecule has 1 aromatic carbocycles. The van der Waals surface area contributed by atoms with E-state index < -0.39 is 0 Å². The van der Waals surface area contributed by atoms with Gasteiger partial charge in [-0.15, -0.1) is 11.3 Å². The molecule has 0 bridgehead atoms. The van der Waals surface area contributed by atoms with E-state index in [1.54, 1.807) is 11.3 Å². The molecule has 1 saturated heterocycles. The second-order valence-electron chi connectivity index (χ2n) is 5.66. The summed E-state index contributed by atoms with van der Waals surface area (Å²) in [6.45, 7) is 3.90. The number of rotatable bonds is 4. The number of para-hydroxylation sites is 1. The third kappa shape index (κ3) is 4.31. The summed E-state index contributed by atoms with van der Waals surface area (Å²) in [7, 11) is 2.10. The fraction of sp³-hybridized carbons (Fsp3) is 0.438. The molecule has 1 atom stereocenters. The molecule has 1 aliphatic rings. The number of nitrogens with one attached hydrogen (secondary N) is 1. The van der Waals surface area contributed by atoms with Crippen LogP contribution in [0, 0.1) is 0 Å². The van der Waals surface area contributed by atoms with Crippen LogP contribution in [0.1, 0.15) is 19.8 Å². The van der Waals surface area contributed by atoms with Crippen LogP contribution in [0.2, 0.25) is 0 Å². The number of carbonyl (C=O) groups is 1. The summed E-state index contributed by atoms with van der Waals surface area (Å²) in [6.07, 6.45) is 1.85. The number of benzene rings is 1. The number of aromatic nitrogens is 1. The summed E-state index contributed by atoms with van der Waals surface area (Å²) < 4.78 is 2.06. The van der Waals surface area contributed by atoms with E-state index in [0.717, 1.165) is 46.2 Å². The number of hydrazone groups is 1. The molecule has 122 valence electrons. The zero-order valence-corrected chi connectivity index (χ0v) is 14.9. The third-order valence-electron chi connectivity index (χ3n) is 3.81. The highest BCUT2D eigenvalue weighted by Gasteiger charge is 2.17. The first kappa shape index (κ1) is 16.4. The molecular formula is C16H20N4OS2. The Morgan fingerprint density at radius 3 is 2.87 bits per heavy atom. The van der Waals surface area contributed by atoms with Gasteiger partial charge in [0, 0.05) is 31.6 Å². The van der Waals surface area contributed by atoms with Crippen molar-refractivity contribution in [2.24, 2.45) is 5.10 Å². The fourth-order valence-electron chi connectivity index (χ4n) is 2.32. The Balaban J connectivity index is 1.56. The van der Waals surface area contributed by atoms with E-state index in [9.17, 15) is 4.79 Å². The van der Waals surface area contributed by atoms with Crippen LogP contribution in [0.3, 0.4) is 0 Å². The van der Waals surface area contributed by atoms with Gasteiger partial charge in [0.15, 0.2) is 4.34 Å². The maximum atomic E-state index is 12.2. The standard InChI is InChI=1S/C16H20N4OS2/c1-11(15(21)19-18-12-7-9-20(2)10-8-12)22-16-17-13-5-3-4-6-14(13)23-16/h3-6,11H,7-10H2,1-2H3,(H,19,21)/t11-/m0/s1. The first-order chi connectivity index (χ1) is 11.1. The van der Waals surface area contributed by atoms with Gasteiger partial charge >= 0.3 is 0 Å². The number of amides is 1. The van der Waals surface area contributed by atoms with Crippen molar-refractivity contribution in [3.05, 3.63) is 24.3 Å². The molecular weight excluding hydrogens is 328 g/mol. The quantitative estimate of drug-likeness (QED) is 0.682. The average Bonchev–Trinajstić information content (AvgIpc) is 2.96. The Labute approximate surface area is 144 Å². The molecule has 1 N–H and O–H groups in total. The summed E-state index contributed by atoms with van der Waals surface area (Å²) in [6, 6.07) is 8.02. The molecule has 2 heterocycles. The SMILES string of the molecule is C[C@H](Sc1nc2ccccc2s1)C(=O)NN=C1CCN(C)CC1. The lowest BCUT2D eigenvalue weighted by Crippen LogP contribution is -2.33. The van der Waals surface area contributed by atoms with Gasteiger partial charge in [-0.3, -0.25) is 4.79 Å². The Bertz CT molecular complexity index is 685. The van der Waals surface area contributed by atoms with Crippen molar-refractivity contribution in [2.45, 2.75) is 29.4 Å². The average molecular weight is 348 g/mol. The van der Waals surface area contributed by atoms with Crippen LogP contribution in [-0.2, 0) is 4.79 Å². The van der Waals surface area contributed by atoms with Gasteiger partial charge in [0.25, 0.3) is 5.91 Å². The number of fused-ring (bicyclic) bond motifs is 1. The second-order valence-corrected chi connectivity index (χ2v) is 8.28. The maximum absolute atomic E-state index is 12.2. The van der Waals surface area contributed by atoms with Gasteiger partial charge in [-0.05, 0) is 26.1 Å². The number of piperidine rings is 1. The summed E-state index contributed by atoms with van der Waals surface area (Å²) in [4.78, 5) is 19.0. The molecule has 1 aromatic heterocycles. The molecule has 1 amide bonds. The molecule has 2 aromatic rings. The van der Waals surface area contributed by atoms with E-state index in [1.165, 1.54) is 11.8 Å². The van der Waals surface area contributed by atoms with Gasteiger partial charge in [-0.1, -0.05) is 23.9 Å². The van der Waals surface area contributed by atoms with Gasteiger partial charge in [0.1, 0.15) is 0 Å². The number of hydrogen-bond donors (Lipinski definition) is 1. The van der Waals surface area contributed by atoms with E-state index in [2.05, 4.69) is 27.5 Å². The van der Waals surface area contributed by atoms with Crippen LogP contribution in [0.4, 0.5) is 0 Å². The lowest BCUT2D eigenvalue weighted by atomic mass is 10.1. The molecule has 3 rings (SSSR count). The molecule has 0 radical (unpaired) electrons. The topological polar surface area (TPSA) is 57.6 Å². The van der Waals surface area contributed by atoms with Gasteiger partial charge in [-0.2, -0.15) is 5.10 Å². The number of nitrogens with zero attached hydrogens (tertiary/aromatic N) is 3. The summed E-state index contributed by atoms with van der Waals surface area (Å²) >= 11 is 3.10. The Morgan fingerprint density at radius 1 is 1.39 bits per heavy atom. The number of thiazole rings is 1. The molecule has 0 aliphatic carbocycles. The molecule has 0 spiro atoms. The van der Waals surface area contributed by atoms with Gasteiger partial charge in [-0.25, -0.2) is 10.4 Å². The van der Waals surface area contributed by atoms with Gasteiger partial charge in [0.2, 0.25) is 0 Å². The second kappa shape index (κ2) is 7.42. The van der Waals surface area contributed by atoms with Gasteiger partial charge < -0.3 is 4.90 Å². The van der Waals surface area contributed by atoms with E-state index in [0.29, 0.717) is 0 Å². The molecule has 5 nitrogen and oxygen atoms in total. The summed E-state index contributed by atoms with van der Waals surface area (Å²) in [5.41, 5.74) is 4.77. The maximum Gasteiger partial charge on any atom is 0.253 e. The molecule has 1 aliphatic heterocycles. The minimum Gasteiger partial charge on any atom is -0.306 e. The van der Waals surface area contributed by atoms with E-state index in [4.69, 9.17) is 0 Å². The number of carbonyl (C=O) groups excluding carboxylic acids is 1. The zero-order valence-electron chi connectivity index (χ0n) is 13.3. The Morgan fingerprint density at radius 2 is 2.13 bits per heavy atom. The molecule has 7 heteroatoms. The largest absolute Gasteiger partial charge is 0.306 e. The van der Waals surface area contributed by atoms with Gasteiger partial charge in [0.05, 0.1) is 15.5 Å². The summed E-state index contributed by atoms with van der Waals surface area (Å²) in [5.74, 6) is -0.0688. The normalized spacial score (nSPS) is 17.2. The number of thioether (sulfide) groups is 1. The van der Waals surface area contributed by atoms with E-state index in [-0.39, 0.29) is 11.2 Å². The van der Waals surface area contributed by atoms with Crippen LogP contribution in [0.15, 0.2) is 33.7 Å². The van der Waals surface area contributed by atoms with Crippen LogP contribution in [0.5, 0.6) is 0 Å². The van der Waals surface area contributed by atoms with Crippen molar-refractivity contribution in [1.29, 1.82) is 0 Å². The fourth-order valence-corrected chi connectivity index (χ4v) is 4.52. The smallest absolute Gasteiger partial charge is 0.253 e. The zero-order chi connectivity index (χ0) is 16.2. The van der Waals surface area contributed by atoms with Crippen molar-refractivity contribution in [3.63, 3.8) is 0 Å². The molecule has 1 fully saturated rings. The molecule has 23 heavy (non-hydrogen) atoms. The van der Waals surface area contributed by atoms with Crippen LogP contribution >= 0.6 is 23.1 Å².